The van der Waals surface area contributed by atoms with Gasteiger partial charge in [0.25, 0.3) is 0 Å². The molecule has 0 bridgehead atoms. The van der Waals surface area contributed by atoms with Crippen molar-refractivity contribution < 1.29 is 17.9 Å². The van der Waals surface area contributed by atoms with Crippen LogP contribution in [0, 0.1) is 5.92 Å². The van der Waals surface area contributed by atoms with Crippen LogP contribution in [0.15, 0.2) is 24.3 Å². The number of ether oxygens (including phenoxy) is 1. The van der Waals surface area contributed by atoms with Crippen LogP contribution < -0.4 is 4.74 Å². The zero-order valence-corrected chi connectivity index (χ0v) is 17.9. The molecule has 29 heavy (non-hydrogen) atoms. The molecule has 0 aromatic heterocycles. The van der Waals surface area contributed by atoms with Gasteiger partial charge in [0.1, 0.15) is 10.5 Å². The Bertz CT molecular complexity index is 895. The fourth-order valence-corrected chi connectivity index (χ4v) is 8.12. The lowest BCUT2D eigenvalue weighted by atomic mass is 9.81. The van der Waals surface area contributed by atoms with E-state index in [9.17, 15) is 13.2 Å². The van der Waals surface area contributed by atoms with Crippen LogP contribution in [0.4, 0.5) is 0 Å². The van der Waals surface area contributed by atoms with Gasteiger partial charge in [0, 0.05) is 19.6 Å². The summed E-state index contributed by atoms with van der Waals surface area (Å²) in [5.74, 6) is 1.32. The van der Waals surface area contributed by atoms with Crippen LogP contribution in [-0.2, 0) is 20.0 Å². The van der Waals surface area contributed by atoms with E-state index < -0.39 is 20.0 Å². The van der Waals surface area contributed by atoms with Gasteiger partial charge in [-0.05, 0) is 68.8 Å². The van der Waals surface area contributed by atoms with Gasteiger partial charge in [-0.1, -0.05) is 12.1 Å². The molecule has 0 radical (unpaired) electrons. The van der Waals surface area contributed by atoms with Crippen molar-refractivity contribution in [1.82, 2.24) is 9.80 Å². The van der Waals surface area contributed by atoms with E-state index in [-0.39, 0.29) is 17.6 Å². The first-order valence-corrected chi connectivity index (χ1v) is 12.4. The predicted octanol–water partition coefficient (Wildman–Crippen LogP) is 1.84. The third-order valence-electron chi connectivity index (χ3n) is 7.78. The molecule has 7 heteroatoms. The van der Waals surface area contributed by atoms with Gasteiger partial charge in [-0.2, -0.15) is 0 Å². The average Bonchev–Trinajstić information content (AvgIpc) is 3.25. The van der Waals surface area contributed by atoms with Crippen LogP contribution in [-0.4, -0.2) is 74.5 Å². The third kappa shape index (κ3) is 2.92. The predicted molar refractivity (Wildman–Crippen MR) is 111 cm³/mol. The van der Waals surface area contributed by atoms with Crippen molar-refractivity contribution in [2.45, 2.75) is 42.3 Å². The number of benzene rings is 1. The van der Waals surface area contributed by atoms with E-state index in [0.29, 0.717) is 13.1 Å². The van der Waals surface area contributed by atoms with Crippen LogP contribution in [0.25, 0.3) is 0 Å². The molecule has 6 nitrogen and oxygen atoms in total. The maximum Gasteiger partial charge on any atom is 0.233 e. The van der Waals surface area contributed by atoms with Gasteiger partial charge >= 0.3 is 0 Å². The minimum Gasteiger partial charge on any atom is -0.497 e. The van der Waals surface area contributed by atoms with E-state index in [4.69, 9.17) is 4.74 Å². The molecule has 158 valence electrons. The summed E-state index contributed by atoms with van der Waals surface area (Å²) >= 11 is 0. The van der Waals surface area contributed by atoms with Gasteiger partial charge in [-0.15, -0.1) is 0 Å². The second kappa shape index (κ2) is 6.71. The van der Waals surface area contributed by atoms with Crippen LogP contribution in [0.3, 0.4) is 0 Å². The normalized spacial score (nSPS) is 29.0. The van der Waals surface area contributed by atoms with Gasteiger partial charge in [0.2, 0.25) is 5.91 Å². The second-order valence-electron chi connectivity index (χ2n) is 9.35. The van der Waals surface area contributed by atoms with Crippen molar-refractivity contribution in [2.75, 3.05) is 45.6 Å². The largest absolute Gasteiger partial charge is 0.497 e. The van der Waals surface area contributed by atoms with Crippen LogP contribution in [0.1, 0.15) is 37.7 Å². The van der Waals surface area contributed by atoms with E-state index in [2.05, 4.69) is 4.90 Å². The summed E-state index contributed by atoms with van der Waals surface area (Å²) in [6.45, 7) is 3.78. The number of methoxy groups -OCH3 is 1. The molecule has 1 aromatic rings. The minimum absolute atomic E-state index is 0.107. The first kappa shape index (κ1) is 19.4. The van der Waals surface area contributed by atoms with E-state index >= 15 is 0 Å². The number of hydrogen-bond acceptors (Lipinski definition) is 5. The fraction of sp³-hybridized carbons (Fsp3) is 0.682. The Hall–Kier alpha value is -1.60. The van der Waals surface area contributed by atoms with Crippen molar-refractivity contribution in [3.05, 3.63) is 29.8 Å². The monoisotopic (exact) mass is 418 g/mol. The molecule has 0 N–H and O–H groups in total. The number of nitrogens with zero attached hydrogens (tertiary/aromatic N) is 2. The van der Waals surface area contributed by atoms with Crippen molar-refractivity contribution >= 4 is 15.7 Å². The number of likely N-dealkylation sites (tertiary alicyclic amines) is 2. The highest BCUT2D eigenvalue weighted by molar-refractivity contribution is 7.93. The molecule has 1 atom stereocenters. The van der Waals surface area contributed by atoms with Crippen molar-refractivity contribution in [3.63, 3.8) is 0 Å². The summed E-state index contributed by atoms with van der Waals surface area (Å²) in [5, 5.41) is 0. The highest BCUT2D eigenvalue weighted by atomic mass is 32.2. The summed E-state index contributed by atoms with van der Waals surface area (Å²) in [4.78, 5) is 17.6. The molecule has 3 saturated heterocycles. The van der Waals surface area contributed by atoms with Gasteiger partial charge in [0.05, 0.1) is 18.3 Å². The summed E-state index contributed by atoms with van der Waals surface area (Å²) < 4.78 is 30.4. The zero-order valence-electron chi connectivity index (χ0n) is 17.1. The Morgan fingerprint density at radius 3 is 2.38 bits per heavy atom. The Labute approximate surface area is 173 Å². The molecule has 3 aliphatic heterocycles. The summed E-state index contributed by atoms with van der Waals surface area (Å²) in [6.07, 6.45) is 4.84. The van der Waals surface area contributed by atoms with Crippen LogP contribution >= 0.6 is 0 Å². The molecule has 1 unspecified atom stereocenters. The lowest BCUT2D eigenvalue weighted by molar-refractivity contribution is -0.140. The maximum atomic E-state index is 13.4. The summed E-state index contributed by atoms with van der Waals surface area (Å²) in [7, 11) is -1.51. The molecule has 1 saturated carbocycles. The van der Waals surface area contributed by atoms with Gasteiger partial charge in [-0.25, -0.2) is 8.42 Å². The quantitative estimate of drug-likeness (QED) is 0.730. The highest BCUT2D eigenvalue weighted by Crippen LogP contribution is 2.53. The molecule has 1 aliphatic carbocycles. The van der Waals surface area contributed by atoms with Gasteiger partial charge in [0.15, 0.2) is 9.84 Å². The Morgan fingerprint density at radius 1 is 1.14 bits per heavy atom. The molecular weight excluding hydrogens is 388 g/mol. The first-order chi connectivity index (χ1) is 13.9. The molecule has 3 heterocycles. The minimum atomic E-state index is -3.14. The fourth-order valence-electron chi connectivity index (χ4n) is 5.71. The topological polar surface area (TPSA) is 66.9 Å². The molecular formula is C22H30N2O4S. The van der Waals surface area contributed by atoms with Crippen LogP contribution in [0.5, 0.6) is 5.75 Å². The second-order valence-corrected chi connectivity index (χ2v) is 11.8. The number of carbonyl (C=O) groups is 1. The average molecular weight is 419 g/mol. The number of sulfone groups is 1. The molecule has 1 spiro atoms. The summed E-state index contributed by atoms with van der Waals surface area (Å²) in [5.41, 5.74) is 0.563. The number of amides is 1. The Balaban J connectivity index is 1.32. The van der Waals surface area contributed by atoms with Crippen molar-refractivity contribution in [1.29, 1.82) is 0 Å². The summed E-state index contributed by atoms with van der Waals surface area (Å²) in [6, 6.07) is 7.74. The molecule has 1 amide bonds. The highest BCUT2D eigenvalue weighted by Gasteiger charge is 2.65. The number of rotatable bonds is 5. The van der Waals surface area contributed by atoms with Gasteiger partial charge in [-0.3, -0.25) is 4.79 Å². The molecule has 5 rings (SSSR count). The van der Waals surface area contributed by atoms with E-state index in [1.54, 1.807) is 7.11 Å². The standard InChI is InChI=1S/C22H30N2O4S/c1-28-19-6-4-17(5-7-19)21(9-10-21)20(25)24-15-22(16-24)18(8-13-29(22,26)27)14-23-11-2-3-12-23/h4-7,18H,2-3,8-16H2,1H3. The third-order valence-corrected chi connectivity index (χ3v) is 10.4. The van der Waals surface area contributed by atoms with Gasteiger partial charge < -0.3 is 14.5 Å². The van der Waals surface area contributed by atoms with E-state index in [1.807, 2.05) is 29.2 Å². The lowest BCUT2D eigenvalue weighted by Gasteiger charge is -2.51. The SMILES string of the molecule is COc1ccc(C2(C(=O)N3CC4(C3)C(CN3CCCC3)CCS4(=O)=O)CC2)cc1. The maximum absolute atomic E-state index is 13.4. The molecule has 4 fully saturated rings. The Kier molecular flexibility index (Phi) is 4.48. The molecule has 1 aromatic carbocycles. The molecule has 4 aliphatic rings. The van der Waals surface area contributed by atoms with E-state index in [1.165, 1.54) is 12.8 Å². The Morgan fingerprint density at radius 2 is 1.79 bits per heavy atom. The van der Waals surface area contributed by atoms with Crippen molar-refractivity contribution in [2.24, 2.45) is 5.92 Å². The number of hydrogen-bond donors (Lipinski definition) is 0. The van der Waals surface area contributed by atoms with E-state index in [0.717, 1.165) is 50.2 Å². The van der Waals surface area contributed by atoms with Crippen molar-refractivity contribution in [3.8, 4) is 5.75 Å². The number of carbonyl (C=O) groups excluding carboxylic acids is 1. The zero-order chi connectivity index (χ0) is 20.3. The lowest BCUT2D eigenvalue weighted by Crippen LogP contribution is -2.70. The van der Waals surface area contributed by atoms with Crippen LogP contribution in [0.2, 0.25) is 0 Å². The smallest absolute Gasteiger partial charge is 0.233 e. The first-order valence-electron chi connectivity index (χ1n) is 10.8.